The lowest BCUT2D eigenvalue weighted by Crippen LogP contribution is -2.28. The zero-order valence-electron chi connectivity index (χ0n) is 12.8. The molecule has 1 atom stereocenters. The molecule has 0 N–H and O–H groups in total. The first-order valence-corrected chi connectivity index (χ1v) is 8.14. The fraction of sp³-hybridized carbons (Fsp3) is 0.429. The summed E-state index contributed by atoms with van der Waals surface area (Å²) in [6, 6.07) is 2.81. The van der Waals surface area contributed by atoms with Crippen LogP contribution in [0.25, 0.3) is 0 Å². The second kappa shape index (κ2) is 6.15. The summed E-state index contributed by atoms with van der Waals surface area (Å²) in [7, 11) is -2.06. The molecule has 23 heavy (non-hydrogen) atoms. The maximum Gasteiger partial charge on any atom is 0.307 e. The van der Waals surface area contributed by atoms with Gasteiger partial charge in [-0.15, -0.1) is 3.89 Å². The molecule has 0 bridgehead atoms. The molecule has 0 spiro atoms. The van der Waals surface area contributed by atoms with Crippen molar-refractivity contribution in [3.63, 3.8) is 0 Å². The van der Waals surface area contributed by atoms with Gasteiger partial charge in [-0.1, -0.05) is 0 Å². The van der Waals surface area contributed by atoms with Crippen LogP contribution >= 0.6 is 0 Å². The fourth-order valence-electron chi connectivity index (χ4n) is 2.47. The topological polar surface area (TPSA) is 90.0 Å². The monoisotopic (exact) mass is 345 g/mol. The Kier molecular flexibility index (Phi) is 4.60. The van der Waals surface area contributed by atoms with Crippen molar-refractivity contribution in [1.82, 2.24) is 0 Å². The van der Waals surface area contributed by atoms with Crippen molar-refractivity contribution >= 4 is 27.6 Å². The van der Waals surface area contributed by atoms with Crippen molar-refractivity contribution in [1.29, 1.82) is 0 Å². The van der Waals surface area contributed by atoms with E-state index >= 15 is 0 Å². The van der Waals surface area contributed by atoms with E-state index in [4.69, 9.17) is 9.47 Å². The molecule has 1 saturated heterocycles. The summed E-state index contributed by atoms with van der Waals surface area (Å²) in [4.78, 5) is 25.0. The predicted molar refractivity (Wildman–Crippen MR) is 80.3 cm³/mol. The molecule has 2 rings (SSSR count). The fourth-order valence-corrected chi connectivity index (χ4v) is 3.14. The van der Waals surface area contributed by atoms with Crippen molar-refractivity contribution < 1.29 is 31.4 Å². The number of hydrogen-bond acceptors (Lipinski definition) is 6. The molecule has 1 fully saturated rings. The van der Waals surface area contributed by atoms with E-state index in [1.807, 2.05) is 0 Å². The number of hydrogen-bond donors (Lipinski definition) is 0. The standard InChI is InChI=1S/C14H16FNO6S/c1-8(17)10-5-12(21-2)13(22-3)6-11(10)16-7-9(4-14(16)18)23(15,19)20/h5-6,9H,4,7H2,1-3H3. The van der Waals surface area contributed by atoms with E-state index in [9.17, 15) is 21.9 Å². The Morgan fingerprint density at radius 2 is 1.83 bits per heavy atom. The van der Waals surface area contributed by atoms with Crippen LogP contribution in [0, 0.1) is 0 Å². The van der Waals surface area contributed by atoms with Gasteiger partial charge in [-0.05, 0) is 13.0 Å². The number of benzene rings is 1. The highest BCUT2D eigenvalue weighted by Crippen LogP contribution is 2.37. The van der Waals surface area contributed by atoms with Gasteiger partial charge in [-0.3, -0.25) is 9.59 Å². The molecule has 1 amide bonds. The lowest BCUT2D eigenvalue weighted by molar-refractivity contribution is -0.117. The molecule has 1 aliphatic heterocycles. The van der Waals surface area contributed by atoms with Gasteiger partial charge in [0, 0.05) is 24.6 Å². The van der Waals surface area contributed by atoms with Crippen LogP contribution in [-0.4, -0.2) is 46.1 Å². The van der Waals surface area contributed by atoms with Crippen LogP contribution in [-0.2, 0) is 15.0 Å². The zero-order valence-corrected chi connectivity index (χ0v) is 13.6. The summed E-state index contributed by atoms with van der Waals surface area (Å²) >= 11 is 0. The third-order valence-corrected chi connectivity index (χ3v) is 4.77. The van der Waals surface area contributed by atoms with E-state index in [0.29, 0.717) is 5.75 Å². The maximum atomic E-state index is 13.2. The average Bonchev–Trinajstić information content (AvgIpc) is 2.87. The second-order valence-electron chi connectivity index (χ2n) is 5.09. The summed E-state index contributed by atoms with van der Waals surface area (Å²) in [6.07, 6.45) is -0.468. The van der Waals surface area contributed by atoms with Gasteiger partial charge in [-0.2, -0.15) is 8.42 Å². The molecule has 1 unspecified atom stereocenters. The number of carbonyl (C=O) groups is 2. The first-order valence-electron chi connectivity index (χ1n) is 6.69. The van der Waals surface area contributed by atoms with Crippen LogP contribution in [0.4, 0.5) is 9.57 Å². The third kappa shape index (κ3) is 3.29. The minimum Gasteiger partial charge on any atom is -0.493 e. The molecule has 1 aliphatic rings. The van der Waals surface area contributed by atoms with E-state index in [1.165, 1.54) is 33.3 Å². The summed E-state index contributed by atoms with van der Waals surface area (Å²) in [5.41, 5.74) is 0.333. The van der Waals surface area contributed by atoms with E-state index in [2.05, 4.69) is 0 Å². The average molecular weight is 345 g/mol. The Hall–Kier alpha value is -2.16. The van der Waals surface area contributed by atoms with E-state index in [1.54, 1.807) is 0 Å². The molecule has 0 aliphatic carbocycles. The smallest absolute Gasteiger partial charge is 0.307 e. The number of halogens is 1. The molecular weight excluding hydrogens is 329 g/mol. The van der Waals surface area contributed by atoms with Gasteiger partial charge in [0.05, 0.1) is 19.9 Å². The summed E-state index contributed by atoms with van der Waals surface area (Å²) in [6.45, 7) is 0.947. The minimum atomic E-state index is -4.84. The van der Waals surface area contributed by atoms with E-state index < -0.39 is 27.8 Å². The summed E-state index contributed by atoms with van der Waals surface area (Å²) in [5.74, 6) is -0.360. The van der Waals surface area contributed by atoms with Gasteiger partial charge in [0.25, 0.3) is 0 Å². The largest absolute Gasteiger partial charge is 0.493 e. The van der Waals surface area contributed by atoms with E-state index in [-0.39, 0.29) is 29.3 Å². The number of methoxy groups -OCH3 is 2. The molecular formula is C14H16FNO6S. The summed E-state index contributed by atoms with van der Waals surface area (Å²) in [5, 5.41) is -1.44. The zero-order chi connectivity index (χ0) is 17.4. The lowest BCUT2D eigenvalue weighted by Gasteiger charge is -2.21. The van der Waals surface area contributed by atoms with Crippen LogP contribution in [0.5, 0.6) is 11.5 Å². The molecule has 126 valence electrons. The number of rotatable bonds is 5. The highest BCUT2D eigenvalue weighted by molar-refractivity contribution is 7.87. The molecule has 1 heterocycles. The van der Waals surface area contributed by atoms with Crippen molar-refractivity contribution in [2.45, 2.75) is 18.6 Å². The number of Topliss-reactive ketones (excluding diaryl/α,β-unsaturated/α-hetero) is 1. The van der Waals surface area contributed by atoms with Gasteiger partial charge in [0.2, 0.25) is 5.91 Å². The Balaban J connectivity index is 2.54. The van der Waals surface area contributed by atoms with E-state index in [0.717, 1.165) is 4.90 Å². The van der Waals surface area contributed by atoms with Crippen LogP contribution in [0.15, 0.2) is 12.1 Å². The second-order valence-corrected chi connectivity index (χ2v) is 6.70. The first kappa shape index (κ1) is 17.2. The Morgan fingerprint density at radius 3 is 2.26 bits per heavy atom. The number of nitrogens with zero attached hydrogens (tertiary/aromatic N) is 1. The van der Waals surface area contributed by atoms with Crippen molar-refractivity contribution in [3.8, 4) is 11.5 Å². The molecule has 1 aromatic rings. The molecule has 0 radical (unpaired) electrons. The van der Waals surface area contributed by atoms with Gasteiger partial charge in [0.1, 0.15) is 5.25 Å². The number of anilines is 1. The molecule has 0 saturated carbocycles. The molecule has 0 aromatic heterocycles. The van der Waals surface area contributed by atoms with Gasteiger partial charge in [0.15, 0.2) is 17.3 Å². The highest BCUT2D eigenvalue weighted by Gasteiger charge is 2.40. The number of ketones is 1. The third-order valence-electron chi connectivity index (χ3n) is 3.66. The maximum absolute atomic E-state index is 13.2. The Bertz CT molecular complexity index is 761. The van der Waals surface area contributed by atoms with Crippen LogP contribution in [0.3, 0.4) is 0 Å². The molecule has 7 nitrogen and oxygen atoms in total. The molecule has 9 heteroatoms. The lowest BCUT2D eigenvalue weighted by atomic mass is 10.1. The van der Waals surface area contributed by atoms with Gasteiger partial charge >= 0.3 is 10.2 Å². The SMILES string of the molecule is COc1cc(C(C)=O)c(N2CC(S(=O)(=O)F)CC2=O)cc1OC. The van der Waals surface area contributed by atoms with Crippen molar-refractivity contribution in [3.05, 3.63) is 17.7 Å². The quantitative estimate of drug-likeness (QED) is 0.590. The molecule has 1 aromatic carbocycles. The van der Waals surface area contributed by atoms with Crippen molar-refractivity contribution in [2.75, 3.05) is 25.7 Å². The predicted octanol–water partition coefficient (Wildman–Crippen LogP) is 1.31. The number of ether oxygens (including phenoxy) is 2. The van der Waals surface area contributed by atoms with Crippen LogP contribution in [0.2, 0.25) is 0 Å². The summed E-state index contributed by atoms with van der Waals surface area (Å²) < 4.78 is 45.5. The van der Waals surface area contributed by atoms with Gasteiger partial charge < -0.3 is 14.4 Å². The van der Waals surface area contributed by atoms with Crippen molar-refractivity contribution in [2.24, 2.45) is 0 Å². The highest BCUT2D eigenvalue weighted by atomic mass is 32.3. The number of amides is 1. The minimum absolute atomic E-state index is 0.160. The first-order chi connectivity index (χ1) is 10.7. The van der Waals surface area contributed by atoms with Crippen LogP contribution < -0.4 is 14.4 Å². The normalized spacial score (nSPS) is 18.2. The Labute approximate surface area is 133 Å². The van der Waals surface area contributed by atoms with Gasteiger partial charge in [-0.25, -0.2) is 0 Å². The number of carbonyl (C=O) groups excluding carboxylic acids is 2. The van der Waals surface area contributed by atoms with Crippen LogP contribution in [0.1, 0.15) is 23.7 Å². The Morgan fingerprint density at radius 1 is 1.26 bits per heavy atom.